The summed E-state index contributed by atoms with van der Waals surface area (Å²) in [6.45, 7) is 0. The van der Waals surface area contributed by atoms with Crippen molar-refractivity contribution >= 4 is 10.9 Å². The maximum atomic E-state index is 5.62. The maximum Gasteiger partial charge on any atom is 0.128 e. The van der Waals surface area contributed by atoms with Crippen LogP contribution in [-0.2, 0) is 0 Å². The van der Waals surface area contributed by atoms with Gasteiger partial charge in [0, 0.05) is 10.9 Å². The zero-order chi connectivity index (χ0) is 15.6. The van der Waals surface area contributed by atoms with Crippen LogP contribution in [0.1, 0.15) is 0 Å². The Morgan fingerprint density at radius 1 is 0.696 bits per heavy atom. The third-order valence-electron chi connectivity index (χ3n) is 4.13. The van der Waals surface area contributed by atoms with Crippen LogP contribution in [0.4, 0.5) is 0 Å². The van der Waals surface area contributed by atoms with Crippen LogP contribution in [0, 0.1) is 0 Å². The van der Waals surface area contributed by atoms with Crippen molar-refractivity contribution in [1.29, 1.82) is 0 Å². The van der Waals surface area contributed by atoms with Gasteiger partial charge in [-0.2, -0.15) is 0 Å². The molecule has 0 aliphatic carbocycles. The lowest BCUT2D eigenvalue weighted by Gasteiger charge is -2.08. The molecule has 0 unspecified atom stereocenters. The Labute approximate surface area is 135 Å². The highest BCUT2D eigenvalue weighted by Crippen LogP contribution is 2.42. The Morgan fingerprint density at radius 2 is 1.35 bits per heavy atom. The zero-order valence-corrected chi connectivity index (χ0v) is 12.9. The molecule has 0 saturated heterocycles. The summed E-state index contributed by atoms with van der Waals surface area (Å²) in [5.41, 5.74) is 5.74. The number of ether oxygens (including phenoxy) is 1. The van der Waals surface area contributed by atoms with Crippen molar-refractivity contribution < 1.29 is 4.74 Å². The molecule has 0 aliphatic heterocycles. The van der Waals surface area contributed by atoms with Gasteiger partial charge in [-0.25, -0.2) is 0 Å². The molecule has 23 heavy (non-hydrogen) atoms. The van der Waals surface area contributed by atoms with Crippen LogP contribution in [0.2, 0.25) is 0 Å². The molecule has 4 aromatic rings. The van der Waals surface area contributed by atoms with E-state index in [9.17, 15) is 0 Å². The lowest BCUT2D eigenvalue weighted by atomic mass is 9.98. The number of benzene rings is 3. The lowest BCUT2D eigenvalue weighted by molar-refractivity contribution is 0.420. The SMILES string of the molecule is COc1cccc2[nH]c(-c3ccccc3)c(-c3ccccc3)c12. The van der Waals surface area contributed by atoms with Crippen molar-refractivity contribution in [3.05, 3.63) is 78.9 Å². The van der Waals surface area contributed by atoms with Crippen molar-refractivity contribution in [3.63, 3.8) is 0 Å². The molecule has 2 heteroatoms. The number of aromatic nitrogens is 1. The highest BCUT2D eigenvalue weighted by atomic mass is 16.5. The number of methoxy groups -OCH3 is 1. The van der Waals surface area contributed by atoms with Gasteiger partial charge >= 0.3 is 0 Å². The molecule has 0 aliphatic rings. The summed E-state index contributed by atoms with van der Waals surface area (Å²) in [4.78, 5) is 3.57. The predicted octanol–water partition coefficient (Wildman–Crippen LogP) is 5.51. The number of nitrogens with one attached hydrogen (secondary N) is 1. The van der Waals surface area contributed by atoms with Gasteiger partial charge in [-0.3, -0.25) is 0 Å². The summed E-state index contributed by atoms with van der Waals surface area (Å²) in [5, 5.41) is 1.13. The van der Waals surface area contributed by atoms with Crippen LogP contribution in [0.25, 0.3) is 33.3 Å². The fraction of sp³-hybridized carbons (Fsp3) is 0.0476. The van der Waals surface area contributed by atoms with Crippen molar-refractivity contribution in [1.82, 2.24) is 4.98 Å². The van der Waals surface area contributed by atoms with Gasteiger partial charge < -0.3 is 9.72 Å². The Bertz CT molecular complexity index is 940. The minimum atomic E-state index is 0.889. The number of aromatic amines is 1. The predicted molar refractivity (Wildman–Crippen MR) is 95.7 cm³/mol. The van der Waals surface area contributed by atoms with Crippen LogP contribution in [0.3, 0.4) is 0 Å². The first-order chi connectivity index (χ1) is 11.4. The number of H-pyrrole nitrogens is 1. The molecule has 0 fully saturated rings. The van der Waals surface area contributed by atoms with E-state index in [0.29, 0.717) is 0 Å². The van der Waals surface area contributed by atoms with E-state index in [4.69, 9.17) is 4.74 Å². The van der Waals surface area contributed by atoms with Gasteiger partial charge in [-0.1, -0.05) is 66.7 Å². The Hall–Kier alpha value is -3.00. The second-order valence-electron chi connectivity index (χ2n) is 5.49. The largest absolute Gasteiger partial charge is 0.496 e. The molecule has 112 valence electrons. The highest BCUT2D eigenvalue weighted by molar-refractivity contribution is 6.06. The Balaban J connectivity index is 2.11. The summed E-state index contributed by atoms with van der Waals surface area (Å²) in [5.74, 6) is 0.889. The number of fused-ring (bicyclic) bond motifs is 1. The molecule has 0 atom stereocenters. The van der Waals surface area contributed by atoms with Crippen molar-refractivity contribution in [2.75, 3.05) is 7.11 Å². The topological polar surface area (TPSA) is 25.0 Å². The van der Waals surface area contributed by atoms with E-state index >= 15 is 0 Å². The minimum absolute atomic E-state index is 0.889. The third-order valence-corrected chi connectivity index (χ3v) is 4.13. The average molecular weight is 299 g/mol. The lowest BCUT2D eigenvalue weighted by Crippen LogP contribution is -1.85. The van der Waals surface area contributed by atoms with E-state index in [2.05, 4.69) is 59.6 Å². The van der Waals surface area contributed by atoms with E-state index in [1.165, 1.54) is 16.7 Å². The van der Waals surface area contributed by atoms with Gasteiger partial charge in [-0.15, -0.1) is 0 Å². The molecule has 1 N–H and O–H groups in total. The molecule has 4 rings (SSSR count). The molecular formula is C21H17NO. The van der Waals surface area contributed by atoms with E-state index in [0.717, 1.165) is 22.3 Å². The monoisotopic (exact) mass is 299 g/mol. The van der Waals surface area contributed by atoms with E-state index in [-0.39, 0.29) is 0 Å². The molecule has 0 bridgehead atoms. The fourth-order valence-electron chi connectivity index (χ4n) is 3.10. The van der Waals surface area contributed by atoms with Crippen LogP contribution in [0.15, 0.2) is 78.9 Å². The molecule has 3 aromatic carbocycles. The first kappa shape index (κ1) is 13.6. The molecular weight excluding hydrogens is 282 g/mol. The quantitative estimate of drug-likeness (QED) is 0.530. The minimum Gasteiger partial charge on any atom is -0.496 e. The summed E-state index contributed by atoms with van der Waals surface area (Å²) in [6, 6.07) is 27.0. The molecule has 1 aromatic heterocycles. The molecule has 0 amide bonds. The summed E-state index contributed by atoms with van der Waals surface area (Å²) in [6.07, 6.45) is 0. The average Bonchev–Trinajstić information content (AvgIpc) is 3.03. The van der Waals surface area contributed by atoms with Gasteiger partial charge in [-0.05, 0) is 23.3 Å². The molecule has 0 saturated carbocycles. The second-order valence-corrected chi connectivity index (χ2v) is 5.49. The first-order valence-corrected chi connectivity index (χ1v) is 7.68. The maximum absolute atomic E-state index is 5.62. The van der Waals surface area contributed by atoms with Gasteiger partial charge in [0.25, 0.3) is 0 Å². The molecule has 0 radical (unpaired) electrons. The number of hydrogen-bond acceptors (Lipinski definition) is 1. The first-order valence-electron chi connectivity index (χ1n) is 7.68. The van der Waals surface area contributed by atoms with Crippen molar-refractivity contribution in [2.45, 2.75) is 0 Å². The highest BCUT2D eigenvalue weighted by Gasteiger charge is 2.17. The zero-order valence-electron chi connectivity index (χ0n) is 12.9. The summed E-state index contributed by atoms with van der Waals surface area (Å²) >= 11 is 0. The van der Waals surface area contributed by atoms with Gasteiger partial charge in [0.05, 0.1) is 18.3 Å². The van der Waals surface area contributed by atoms with Gasteiger partial charge in [0.15, 0.2) is 0 Å². The summed E-state index contributed by atoms with van der Waals surface area (Å²) in [7, 11) is 1.72. The van der Waals surface area contributed by atoms with E-state index < -0.39 is 0 Å². The van der Waals surface area contributed by atoms with E-state index in [1.54, 1.807) is 7.11 Å². The number of rotatable bonds is 3. The summed E-state index contributed by atoms with van der Waals surface area (Å²) < 4.78 is 5.62. The van der Waals surface area contributed by atoms with E-state index in [1.807, 2.05) is 24.3 Å². The second kappa shape index (κ2) is 5.65. The smallest absolute Gasteiger partial charge is 0.128 e. The van der Waals surface area contributed by atoms with Gasteiger partial charge in [0.2, 0.25) is 0 Å². The van der Waals surface area contributed by atoms with Crippen LogP contribution >= 0.6 is 0 Å². The van der Waals surface area contributed by atoms with Crippen LogP contribution in [0.5, 0.6) is 5.75 Å². The normalized spacial score (nSPS) is 10.8. The third kappa shape index (κ3) is 2.29. The fourth-order valence-corrected chi connectivity index (χ4v) is 3.10. The van der Waals surface area contributed by atoms with Crippen LogP contribution in [-0.4, -0.2) is 12.1 Å². The molecule has 0 spiro atoms. The van der Waals surface area contributed by atoms with Crippen molar-refractivity contribution in [2.24, 2.45) is 0 Å². The van der Waals surface area contributed by atoms with Crippen LogP contribution < -0.4 is 4.74 Å². The molecule has 2 nitrogen and oxygen atoms in total. The number of hydrogen-bond donors (Lipinski definition) is 1. The van der Waals surface area contributed by atoms with Gasteiger partial charge in [0.1, 0.15) is 5.75 Å². The standard InChI is InChI=1S/C21H17NO/c1-23-18-14-8-13-17-20(18)19(15-9-4-2-5-10-15)21(22-17)16-11-6-3-7-12-16/h2-14,22H,1H3. The molecule has 1 heterocycles. The Kier molecular flexibility index (Phi) is 3.35. The Morgan fingerprint density at radius 3 is 2.00 bits per heavy atom. The van der Waals surface area contributed by atoms with Crippen molar-refractivity contribution in [3.8, 4) is 28.1 Å².